The second-order valence-electron chi connectivity index (χ2n) is 9.04. The Hall–Kier alpha value is -3.50. The zero-order valence-corrected chi connectivity index (χ0v) is 20.1. The molecule has 4 aromatic rings. The van der Waals surface area contributed by atoms with Gasteiger partial charge in [0.2, 0.25) is 0 Å². The highest BCUT2D eigenvalue weighted by atomic mass is 35.5. The molecule has 0 amide bonds. The summed E-state index contributed by atoms with van der Waals surface area (Å²) in [6.45, 7) is -0.311. The second-order valence-corrected chi connectivity index (χ2v) is 9.47. The number of hydrogen-bond donors (Lipinski definition) is 0. The van der Waals surface area contributed by atoms with E-state index >= 15 is 0 Å². The average molecular weight is 484 g/mol. The van der Waals surface area contributed by atoms with Crippen molar-refractivity contribution in [3.63, 3.8) is 0 Å². The molecule has 5 rings (SSSR count). The first kappa shape index (κ1) is 23.3. The molecule has 1 aliphatic carbocycles. The van der Waals surface area contributed by atoms with E-state index in [1.54, 1.807) is 18.2 Å². The van der Waals surface area contributed by atoms with E-state index in [2.05, 4.69) is 4.98 Å². The number of ether oxygens (including phenoxy) is 1. The van der Waals surface area contributed by atoms with Crippen LogP contribution < -0.4 is 0 Å². The monoisotopic (exact) mass is 483 g/mol. The predicted octanol–water partition coefficient (Wildman–Crippen LogP) is 7.64. The van der Waals surface area contributed by atoms with E-state index in [-0.39, 0.29) is 12.4 Å². The molecular formula is C30H26ClNO3. The van der Waals surface area contributed by atoms with Crippen LogP contribution in [0.25, 0.3) is 22.2 Å². The van der Waals surface area contributed by atoms with Gasteiger partial charge in [-0.05, 0) is 48.6 Å². The summed E-state index contributed by atoms with van der Waals surface area (Å²) >= 11 is 6.02. The Labute approximate surface area is 209 Å². The van der Waals surface area contributed by atoms with Gasteiger partial charge >= 0.3 is 5.97 Å². The molecule has 0 N–H and O–H groups in total. The van der Waals surface area contributed by atoms with Crippen LogP contribution in [0.3, 0.4) is 0 Å². The Balaban J connectivity index is 1.33. The van der Waals surface area contributed by atoms with Crippen LogP contribution >= 0.6 is 11.6 Å². The minimum absolute atomic E-state index is 0.218. The van der Waals surface area contributed by atoms with Gasteiger partial charge < -0.3 is 4.74 Å². The van der Waals surface area contributed by atoms with Crippen LogP contribution in [0.2, 0.25) is 5.02 Å². The second kappa shape index (κ2) is 10.4. The summed E-state index contributed by atoms with van der Waals surface area (Å²) in [5.41, 5.74) is 4.37. The van der Waals surface area contributed by atoms with E-state index < -0.39 is 5.97 Å². The minimum Gasteiger partial charge on any atom is -0.454 e. The number of nitrogens with zero attached hydrogens (tertiary/aromatic N) is 1. The number of esters is 1. The summed E-state index contributed by atoms with van der Waals surface area (Å²) in [5.74, 6) is -0.184. The van der Waals surface area contributed by atoms with Crippen molar-refractivity contribution in [3.05, 3.63) is 101 Å². The van der Waals surface area contributed by atoms with Gasteiger partial charge in [-0.1, -0.05) is 85.5 Å². The molecule has 1 aliphatic rings. The number of halogens is 1. The Morgan fingerprint density at radius 2 is 1.60 bits per heavy atom. The molecule has 1 saturated carbocycles. The molecule has 0 radical (unpaired) electrons. The third-order valence-corrected chi connectivity index (χ3v) is 6.97. The Morgan fingerprint density at radius 1 is 0.886 bits per heavy atom. The Bertz CT molecular complexity index is 1360. The molecule has 0 unspecified atom stereocenters. The van der Waals surface area contributed by atoms with Gasteiger partial charge in [0.05, 0.1) is 16.8 Å². The highest BCUT2D eigenvalue weighted by Crippen LogP contribution is 2.32. The molecule has 35 heavy (non-hydrogen) atoms. The van der Waals surface area contributed by atoms with Crippen LogP contribution in [0.1, 0.15) is 64.3 Å². The summed E-state index contributed by atoms with van der Waals surface area (Å²) in [6, 6.07) is 24.2. The van der Waals surface area contributed by atoms with Crippen molar-refractivity contribution in [1.82, 2.24) is 4.98 Å². The SMILES string of the molecule is O=C(COC(=O)c1cc(-c2ccc(Cl)cc2)nc2ccccc12)c1ccc(C2CCCCC2)cc1. The van der Waals surface area contributed by atoms with Gasteiger partial charge in [-0.25, -0.2) is 9.78 Å². The number of hydrogen-bond acceptors (Lipinski definition) is 4. The number of aromatic nitrogens is 1. The zero-order valence-electron chi connectivity index (χ0n) is 19.4. The number of carbonyl (C=O) groups is 2. The number of carbonyl (C=O) groups excluding carboxylic acids is 2. The lowest BCUT2D eigenvalue weighted by atomic mass is 9.84. The molecule has 0 saturated heterocycles. The number of ketones is 1. The molecule has 1 heterocycles. The molecule has 4 nitrogen and oxygen atoms in total. The molecule has 0 aliphatic heterocycles. The lowest BCUT2D eigenvalue weighted by Crippen LogP contribution is -2.15. The van der Waals surface area contributed by atoms with Crippen LogP contribution in [-0.2, 0) is 4.74 Å². The van der Waals surface area contributed by atoms with Crippen molar-refractivity contribution in [2.24, 2.45) is 0 Å². The van der Waals surface area contributed by atoms with Gasteiger partial charge in [0, 0.05) is 21.5 Å². The molecule has 3 aromatic carbocycles. The van der Waals surface area contributed by atoms with Crippen LogP contribution in [0.4, 0.5) is 0 Å². The Kier molecular flexibility index (Phi) is 6.91. The van der Waals surface area contributed by atoms with E-state index in [0.717, 1.165) is 5.56 Å². The van der Waals surface area contributed by atoms with Crippen molar-refractivity contribution in [1.29, 1.82) is 0 Å². The standard InChI is InChI=1S/C30H26ClNO3/c31-24-16-14-22(15-17-24)28-18-26(25-8-4-5-9-27(25)32-28)30(34)35-19-29(33)23-12-10-21(11-13-23)20-6-2-1-3-7-20/h4-5,8-18,20H,1-3,6-7,19H2. The fourth-order valence-electron chi connectivity index (χ4n) is 4.78. The molecule has 0 atom stereocenters. The molecule has 5 heteroatoms. The van der Waals surface area contributed by atoms with Crippen LogP contribution in [0.15, 0.2) is 78.9 Å². The molecule has 176 valence electrons. The van der Waals surface area contributed by atoms with Crippen molar-refractivity contribution in [3.8, 4) is 11.3 Å². The average Bonchev–Trinajstić information content (AvgIpc) is 2.92. The van der Waals surface area contributed by atoms with E-state index in [4.69, 9.17) is 16.3 Å². The van der Waals surface area contributed by atoms with Crippen molar-refractivity contribution >= 4 is 34.3 Å². The number of fused-ring (bicyclic) bond motifs is 1. The smallest absolute Gasteiger partial charge is 0.339 e. The fourth-order valence-corrected chi connectivity index (χ4v) is 4.91. The molecule has 0 spiro atoms. The van der Waals surface area contributed by atoms with Gasteiger partial charge in [0.25, 0.3) is 0 Å². The van der Waals surface area contributed by atoms with Crippen LogP contribution in [-0.4, -0.2) is 23.3 Å². The van der Waals surface area contributed by atoms with Gasteiger partial charge in [0.1, 0.15) is 0 Å². The highest BCUT2D eigenvalue weighted by molar-refractivity contribution is 6.30. The Morgan fingerprint density at radius 3 is 2.34 bits per heavy atom. The first-order chi connectivity index (χ1) is 17.1. The number of para-hydroxylation sites is 1. The van der Waals surface area contributed by atoms with Crippen molar-refractivity contribution in [2.45, 2.75) is 38.0 Å². The number of pyridine rings is 1. The maximum Gasteiger partial charge on any atom is 0.339 e. The first-order valence-electron chi connectivity index (χ1n) is 12.0. The fraction of sp³-hybridized carbons (Fsp3) is 0.233. The van der Waals surface area contributed by atoms with Crippen molar-refractivity contribution < 1.29 is 14.3 Å². The summed E-state index contributed by atoms with van der Waals surface area (Å²) in [7, 11) is 0. The number of benzene rings is 3. The normalized spacial score (nSPS) is 14.1. The van der Waals surface area contributed by atoms with E-state index in [9.17, 15) is 9.59 Å². The quantitative estimate of drug-likeness (QED) is 0.209. The largest absolute Gasteiger partial charge is 0.454 e. The minimum atomic E-state index is -0.550. The lowest BCUT2D eigenvalue weighted by Gasteiger charge is -2.22. The maximum atomic E-state index is 13.1. The summed E-state index contributed by atoms with van der Waals surface area (Å²) < 4.78 is 5.47. The third kappa shape index (κ3) is 5.28. The lowest BCUT2D eigenvalue weighted by molar-refractivity contribution is 0.0476. The van der Waals surface area contributed by atoms with Crippen molar-refractivity contribution in [2.75, 3.05) is 6.61 Å². The zero-order chi connectivity index (χ0) is 24.2. The highest BCUT2D eigenvalue weighted by Gasteiger charge is 2.19. The number of Topliss-reactive ketones (excluding diaryl/α,β-unsaturated/α-hetero) is 1. The van der Waals surface area contributed by atoms with Gasteiger partial charge in [-0.15, -0.1) is 0 Å². The topological polar surface area (TPSA) is 56.3 Å². The van der Waals surface area contributed by atoms with Gasteiger partial charge in [-0.3, -0.25) is 4.79 Å². The van der Waals surface area contributed by atoms with E-state index in [1.165, 1.54) is 37.7 Å². The number of rotatable bonds is 6. The molecule has 1 fully saturated rings. The van der Waals surface area contributed by atoms with Crippen LogP contribution in [0.5, 0.6) is 0 Å². The third-order valence-electron chi connectivity index (χ3n) is 6.72. The first-order valence-corrected chi connectivity index (χ1v) is 12.4. The summed E-state index contributed by atoms with van der Waals surface area (Å²) in [5, 5.41) is 1.30. The maximum absolute atomic E-state index is 13.1. The van der Waals surface area contributed by atoms with Gasteiger partial charge in [0.15, 0.2) is 12.4 Å². The van der Waals surface area contributed by atoms with Gasteiger partial charge in [-0.2, -0.15) is 0 Å². The predicted molar refractivity (Wildman–Crippen MR) is 139 cm³/mol. The van der Waals surface area contributed by atoms with E-state index in [0.29, 0.717) is 38.7 Å². The molecular weight excluding hydrogens is 458 g/mol. The van der Waals surface area contributed by atoms with Crippen LogP contribution in [0, 0.1) is 0 Å². The van der Waals surface area contributed by atoms with E-state index in [1.807, 2.05) is 60.7 Å². The molecule has 1 aromatic heterocycles. The molecule has 0 bridgehead atoms. The summed E-state index contributed by atoms with van der Waals surface area (Å²) in [6.07, 6.45) is 6.27. The summed E-state index contributed by atoms with van der Waals surface area (Å²) in [4.78, 5) is 30.5.